The number of rotatable bonds is 9. The number of hydrogen-bond donors (Lipinski definition) is 2. The third-order valence-corrected chi connectivity index (χ3v) is 3.79. The maximum Gasteiger partial charge on any atom is 0.0737 e. The highest BCUT2D eigenvalue weighted by Crippen LogP contribution is 2.24. The molecule has 0 radical (unpaired) electrons. The van der Waals surface area contributed by atoms with Crippen molar-refractivity contribution in [3.05, 3.63) is 35.5 Å². The van der Waals surface area contributed by atoms with Gasteiger partial charge in [-0.1, -0.05) is 31.4 Å². The first-order chi connectivity index (χ1) is 10.3. The molecule has 0 amide bonds. The first-order valence-corrected chi connectivity index (χ1v) is 8.18. The maximum absolute atomic E-state index is 6.00. The first kappa shape index (κ1) is 16.1. The van der Waals surface area contributed by atoms with Crippen LogP contribution in [0.5, 0.6) is 0 Å². The Morgan fingerprint density at radius 1 is 1.05 bits per heavy atom. The molecule has 2 aromatic rings. The summed E-state index contributed by atoms with van der Waals surface area (Å²) in [6.07, 6.45) is 6.86. The van der Waals surface area contributed by atoms with E-state index in [4.69, 9.17) is 11.6 Å². The van der Waals surface area contributed by atoms with Gasteiger partial charge in [-0.25, -0.2) is 0 Å². The largest absolute Gasteiger partial charge is 0.384 e. The quantitative estimate of drug-likeness (QED) is 0.671. The molecule has 0 unspecified atom stereocenters. The monoisotopic (exact) mass is 305 g/mol. The average molecular weight is 306 g/mol. The Balaban J connectivity index is 1.76. The van der Waals surface area contributed by atoms with Crippen molar-refractivity contribution in [1.29, 1.82) is 0 Å². The molecule has 0 aliphatic heterocycles. The van der Waals surface area contributed by atoms with E-state index in [1.165, 1.54) is 25.7 Å². The third kappa shape index (κ3) is 5.18. The van der Waals surface area contributed by atoms with Gasteiger partial charge < -0.3 is 10.6 Å². The van der Waals surface area contributed by atoms with E-state index in [0.29, 0.717) is 0 Å². The van der Waals surface area contributed by atoms with E-state index in [2.05, 4.69) is 22.5 Å². The lowest BCUT2D eigenvalue weighted by Crippen LogP contribution is -2.13. The van der Waals surface area contributed by atoms with Crippen molar-refractivity contribution in [2.75, 3.05) is 25.0 Å². The van der Waals surface area contributed by atoms with Gasteiger partial charge in [0.15, 0.2) is 0 Å². The van der Waals surface area contributed by atoms with Crippen LogP contribution in [0.1, 0.15) is 32.6 Å². The molecule has 0 spiro atoms. The lowest BCUT2D eigenvalue weighted by atomic mass is 10.1. The molecule has 21 heavy (non-hydrogen) atoms. The summed E-state index contributed by atoms with van der Waals surface area (Å²) in [5, 5.41) is 8.73. The SMILES string of the molecule is CCNCCCCCCNc1ccnc2cc(Cl)ccc12. The van der Waals surface area contributed by atoms with Crippen LogP contribution in [0.4, 0.5) is 5.69 Å². The number of aromatic nitrogens is 1. The van der Waals surface area contributed by atoms with Crippen LogP contribution in [-0.4, -0.2) is 24.6 Å². The number of halogens is 1. The minimum absolute atomic E-state index is 0.729. The number of fused-ring (bicyclic) bond motifs is 1. The minimum Gasteiger partial charge on any atom is -0.384 e. The predicted octanol–water partition coefficient (Wildman–Crippen LogP) is 4.47. The lowest BCUT2D eigenvalue weighted by molar-refractivity contribution is 0.605. The molecule has 3 nitrogen and oxygen atoms in total. The Hall–Kier alpha value is -1.32. The average Bonchev–Trinajstić information content (AvgIpc) is 2.49. The van der Waals surface area contributed by atoms with E-state index in [9.17, 15) is 0 Å². The van der Waals surface area contributed by atoms with Crippen molar-refractivity contribution in [3.63, 3.8) is 0 Å². The molecule has 1 aromatic heterocycles. The Bertz CT molecular complexity index is 557. The molecule has 0 fully saturated rings. The second kappa shape index (κ2) is 8.85. The van der Waals surface area contributed by atoms with Gasteiger partial charge in [0.25, 0.3) is 0 Å². The molecule has 1 aromatic carbocycles. The molecule has 2 N–H and O–H groups in total. The highest BCUT2D eigenvalue weighted by atomic mass is 35.5. The number of anilines is 1. The Kier molecular flexibility index (Phi) is 6.77. The lowest BCUT2D eigenvalue weighted by Gasteiger charge is -2.09. The Morgan fingerprint density at radius 2 is 1.86 bits per heavy atom. The molecular formula is C17H24ClN3. The number of benzene rings is 1. The molecule has 0 atom stereocenters. The summed E-state index contributed by atoms with van der Waals surface area (Å²) in [5.74, 6) is 0. The van der Waals surface area contributed by atoms with Gasteiger partial charge in [0.05, 0.1) is 5.52 Å². The van der Waals surface area contributed by atoms with Crippen molar-refractivity contribution in [1.82, 2.24) is 10.3 Å². The van der Waals surface area contributed by atoms with Crippen LogP contribution in [-0.2, 0) is 0 Å². The first-order valence-electron chi connectivity index (χ1n) is 7.80. The fraction of sp³-hybridized carbons (Fsp3) is 0.471. The molecule has 0 aliphatic carbocycles. The van der Waals surface area contributed by atoms with Gasteiger partial charge in [-0.3, -0.25) is 4.98 Å². The fourth-order valence-corrected chi connectivity index (χ4v) is 2.57. The van der Waals surface area contributed by atoms with E-state index in [1.807, 2.05) is 30.5 Å². The fourth-order valence-electron chi connectivity index (χ4n) is 2.40. The van der Waals surface area contributed by atoms with Crippen molar-refractivity contribution in [2.45, 2.75) is 32.6 Å². The summed E-state index contributed by atoms with van der Waals surface area (Å²) in [6.45, 7) is 5.36. The molecule has 0 saturated heterocycles. The molecule has 0 saturated carbocycles. The summed E-state index contributed by atoms with van der Waals surface area (Å²) in [7, 11) is 0. The molecule has 2 rings (SSSR count). The van der Waals surface area contributed by atoms with Gasteiger partial charge in [-0.2, -0.15) is 0 Å². The van der Waals surface area contributed by atoms with Crippen LogP contribution in [0.3, 0.4) is 0 Å². The molecule has 0 aliphatic rings. The van der Waals surface area contributed by atoms with E-state index < -0.39 is 0 Å². The highest BCUT2D eigenvalue weighted by Gasteiger charge is 2.02. The summed E-state index contributed by atoms with van der Waals surface area (Å²) < 4.78 is 0. The Morgan fingerprint density at radius 3 is 2.67 bits per heavy atom. The molecule has 4 heteroatoms. The summed E-state index contributed by atoms with van der Waals surface area (Å²) in [4.78, 5) is 4.36. The zero-order chi connectivity index (χ0) is 14.9. The van der Waals surface area contributed by atoms with Gasteiger partial charge in [0.2, 0.25) is 0 Å². The van der Waals surface area contributed by atoms with Gasteiger partial charge in [-0.15, -0.1) is 0 Å². The number of nitrogens with one attached hydrogen (secondary N) is 2. The van der Waals surface area contributed by atoms with E-state index in [0.717, 1.165) is 41.2 Å². The van der Waals surface area contributed by atoms with Crippen molar-refractivity contribution < 1.29 is 0 Å². The van der Waals surface area contributed by atoms with Crippen LogP contribution < -0.4 is 10.6 Å². The normalized spacial score (nSPS) is 11.0. The van der Waals surface area contributed by atoms with Gasteiger partial charge in [0, 0.05) is 28.8 Å². The number of pyridine rings is 1. The zero-order valence-electron chi connectivity index (χ0n) is 12.7. The third-order valence-electron chi connectivity index (χ3n) is 3.55. The second-order valence-corrected chi connectivity index (χ2v) is 5.65. The second-order valence-electron chi connectivity index (χ2n) is 5.21. The van der Waals surface area contributed by atoms with Crippen LogP contribution in [0.25, 0.3) is 10.9 Å². The van der Waals surface area contributed by atoms with Gasteiger partial charge in [0.1, 0.15) is 0 Å². The van der Waals surface area contributed by atoms with Gasteiger partial charge in [-0.05, 0) is 50.2 Å². The smallest absolute Gasteiger partial charge is 0.0737 e. The van der Waals surface area contributed by atoms with Crippen LogP contribution in [0, 0.1) is 0 Å². The Labute approximate surface area is 132 Å². The summed E-state index contributed by atoms with van der Waals surface area (Å²) in [6, 6.07) is 7.88. The topological polar surface area (TPSA) is 37.0 Å². The van der Waals surface area contributed by atoms with Gasteiger partial charge >= 0.3 is 0 Å². The van der Waals surface area contributed by atoms with Crippen molar-refractivity contribution in [3.8, 4) is 0 Å². The van der Waals surface area contributed by atoms with Crippen LogP contribution in [0.2, 0.25) is 5.02 Å². The number of unbranched alkanes of at least 4 members (excludes halogenated alkanes) is 3. The molecular weight excluding hydrogens is 282 g/mol. The number of hydrogen-bond acceptors (Lipinski definition) is 3. The standard InChI is InChI=1S/C17H24ClN3/c1-2-19-10-5-3-4-6-11-20-16-9-12-21-17-13-14(18)7-8-15(16)17/h7-9,12-13,19H,2-6,10-11H2,1H3,(H,20,21). The maximum atomic E-state index is 6.00. The molecule has 1 heterocycles. The summed E-state index contributed by atoms with van der Waals surface area (Å²) in [5.41, 5.74) is 2.09. The molecule has 0 bridgehead atoms. The van der Waals surface area contributed by atoms with Crippen molar-refractivity contribution in [2.24, 2.45) is 0 Å². The van der Waals surface area contributed by atoms with E-state index in [-0.39, 0.29) is 0 Å². The van der Waals surface area contributed by atoms with Crippen molar-refractivity contribution >= 4 is 28.2 Å². The summed E-state index contributed by atoms with van der Waals surface area (Å²) >= 11 is 6.00. The van der Waals surface area contributed by atoms with Crippen LogP contribution >= 0.6 is 11.6 Å². The van der Waals surface area contributed by atoms with E-state index in [1.54, 1.807) is 0 Å². The van der Waals surface area contributed by atoms with Crippen LogP contribution in [0.15, 0.2) is 30.5 Å². The van der Waals surface area contributed by atoms with E-state index >= 15 is 0 Å². The zero-order valence-corrected chi connectivity index (χ0v) is 13.4. The number of nitrogens with zero attached hydrogens (tertiary/aromatic N) is 1. The highest BCUT2D eigenvalue weighted by molar-refractivity contribution is 6.31. The molecule has 114 valence electrons. The predicted molar refractivity (Wildman–Crippen MR) is 92.3 cm³/mol. The minimum atomic E-state index is 0.729.